The quantitative estimate of drug-likeness (QED) is 0.771. The fraction of sp³-hybridized carbons (Fsp3) is 0.154. The third-order valence-electron chi connectivity index (χ3n) is 2.78. The topological polar surface area (TPSA) is 66.5 Å². The molecule has 0 aliphatic rings. The first kappa shape index (κ1) is 18.3. The van der Waals surface area contributed by atoms with Gasteiger partial charge in [-0.3, -0.25) is 4.79 Å². The minimum absolute atomic E-state index is 0.0334. The normalized spacial score (nSPS) is 11.7. The maximum absolute atomic E-state index is 13.0. The molecule has 0 bridgehead atoms. The Bertz CT molecular complexity index is 841. The molecule has 0 saturated carbocycles. The number of nitrogens with zero attached hydrogens (tertiary/aromatic N) is 1. The van der Waals surface area contributed by atoms with E-state index in [-0.39, 0.29) is 14.9 Å². The summed E-state index contributed by atoms with van der Waals surface area (Å²) in [4.78, 5) is 12.0. The zero-order valence-electron chi connectivity index (χ0n) is 11.7. The largest absolute Gasteiger partial charge is 0.324 e. The predicted molar refractivity (Wildman–Crippen MR) is 91.9 cm³/mol. The molecule has 0 unspecified atom stereocenters. The van der Waals surface area contributed by atoms with Gasteiger partial charge in [-0.15, -0.1) is 11.3 Å². The lowest BCUT2D eigenvalue weighted by atomic mass is 10.3. The molecule has 1 amide bonds. The van der Waals surface area contributed by atoms with Crippen LogP contribution in [0.25, 0.3) is 0 Å². The average Bonchev–Trinajstić information content (AvgIpc) is 2.89. The zero-order valence-corrected chi connectivity index (χ0v) is 15.7. The number of likely N-dealkylation sites (N-methyl/N-ethyl adjacent to an activating group) is 1. The predicted octanol–water partition coefficient (Wildman–Crippen LogP) is 3.56. The first-order chi connectivity index (χ1) is 10.7. The molecule has 1 heterocycles. The molecular weight excluding hydrogens is 431 g/mol. The summed E-state index contributed by atoms with van der Waals surface area (Å²) in [6.45, 7) is -0.397. The molecule has 2 rings (SSSR count). The fourth-order valence-corrected chi connectivity index (χ4v) is 5.22. The summed E-state index contributed by atoms with van der Waals surface area (Å²) < 4.78 is 39.3. The second kappa shape index (κ2) is 7.27. The summed E-state index contributed by atoms with van der Waals surface area (Å²) in [7, 11) is -2.45. The smallest absolute Gasteiger partial charge is 0.252 e. The third-order valence-corrected chi connectivity index (χ3v) is 6.99. The second-order valence-corrected chi connectivity index (χ2v) is 9.63. The van der Waals surface area contributed by atoms with Crippen LogP contribution in [0.4, 0.5) is 10.1 Å². The van der Waals surface area contributed by atoms with Crippen molar-refractivity contribution in [2.24, 2.45) is 0 Å². The van der Waals surface area contributed by atoms with Gasteiger partial charge in [-0.2, -0.15) is 4.31 Å². The highest BCUT2D eigenvalue weighted by atomic mass is 79.9. The van der Waals surface area contributed by atoms with Crippen LogP contribution < -0.4 is 5.32 Å². The van der Waals surface area contributed by atoms with Gasteiger partial charge in [0.1, 0.15) is 10.0 Å². The first-order valence-electron chi connectivity index (χ1n) is 6.17. The van der Waals surface area contributed by atoms with Crippen molar-refractivity contribution in [3.05, 3.63) is 45.0 Å². The van der Waals surface area contributed by atoms with Gasteiger partial charge in [0, 0.05) is 7.05 Å². The Hall–Kier alpha value is -1.000. The number of carbonyl (C=O) groups is 1. The molecule has 0 aliphatic heterocycles. The van der Waals surface area contributed by atoms with E-state index in [1.807, 2.05) is 0 Å². The monoisotopic (exact) mass is 440 g/mol. The molecule has 0 spiro atoms. The molecule has 0 atom stereocenters. The van der Waals surface area contributed by atoms with Gasteiger partial charge >= 0.3 is 0 Å². The van der Waals surface area contributed by atoms with Crippen LogP contribution in [-0.2, 0) is 14.8 Å². The van der Waals surface area contributed by atoms with Gasteiger partial charge in [0.05, 0.1) is 21.0 Å². The van der Waals surface area contributed by atoms with Crippen LogP contribution in [-0.4, -0.2) is 32.2 Å². The van der Waals surface area contributed by atoms with Gasteiger partial charge in [0.15, 0.2) is 0 Å². The molecule has 10 heteroatoms. The minimum atomic E-state index is -3.75. The average molecular weight is 442 g/mol. The van der Waals surface area contributed by atoms with Gasteiger partial charge in [0.2, 0.25) is 5.91 Å². The van der Waals surface area contributed by atoms with E-state index in [1.54, 1.807) is 6.07 Å². The lowest BCUT2D eigenvalue weighted by Crippen LogP contribution is -2.34. The van der Waals surface area contributed by atoms with E-state index >= 15 is 0 Å². The molecular formula is C13H11BrClFN2O3S2. The summed E-state index contributed by atoms with van der Waals surface area (Å²) in [5, 5.41) is 2.48. The van der Waals surface area contributed by atoms with Crippen LogP contribution in [0.15, 0.2) is 38.3 Å². The number of amides is 1. The van der Waals surface area contributed by atoms with Crippen molar-refractivity contribution < 1.29 is 17.6 Å². The SMILES string of the molecule is CN(CC(=O)Nc1ccc(F)cc1Cl)S(=O)(=O)c1ccc(Br)s1. The van der Waals surface area contributed by atoms with Crippen molar-refractivity contribution >= 4 is 60.5 Å². The van der Waals surface area contributed by atoms with Crippen LogP contribution in [0.5, 0.6) is 0 Å². The van der Waals surface area contributed by atoms with Crippen molar-refractivity contribution in [2.45, 2.75) is 4.21 Å². The highest BCUT2D eigenvalue weighted by molar-refractivity contribution is 9.11. The molecule has 0 aliphatic carbocycles. The number of hydrogen-bond donors (Lipinski definition) is 1. The van der Waals surface area contributed by atoms with E-state index in [1.165, 1.54) is 19.2 Å². The molecule has 1 aromatic carbocycles. The van der Waals surface area contributed by atoms with Crippen LogP contribution in [0.2, 0.25) is 5.02 Å². The van der Waals surface area contributed by atoms with Crippen molar-refractivity contribution in [1.82, 2.24) is 4.31 Å². The highest BCUT2D eigenvalue weighted by Gasteiger charge is 2.24. The van der Waals surface area contributed by atoms with Crippen molar-refractivity contribution in [3.63, 3.8) is 0 Å². The standard InChI is InChI=1S/C13H11BrClFN2O3S2/c1-18(23(20,21)13-5-4-11(14)22-13)7-12(19)17-10-3-2-8(16)6-9(10)15/h2-6H,7H2,1H3,(H,17,19). The third kappa shape index (κ3) is 4.51. The number of anilines is 1. The molecule has 2 aromatic rings. The van der Waals surface area contributed by atoms with E-state index in [2.05, 4.69) is 21.2 Å². The number of carbonyl (C=O) groups excluding carboxylic acids is 1. The summed E-state index contributed by atoms with van der Waals surface area (Å²) >= 11 is 10.1. The summed E-state index contributed by atoms with van der Waals surface area (Å²) in [5.41, 5.74) is 0.211. The van der Waals surface area contributed by atoms with Gasteiger partial charge < -0.3 is 5.32 Å². The molecule has 1 N–H and O–H groups in total. The van der Waals surface area contributed by atoms with Gasteiger partial charge in [0.25, 0.3) is 10.0 Å². The Balaban J connectivity index is 2.07. The fourth-order valence-electron chi connectivity index (χ4n) is 1.66. The van der Waals surface area contributed by atoms with Crippen molar-refractivity contribution in [1.29, 1.82) is 0 Å². The van der Waals surface area contributed by atoms with E-state index in [4.69, 9.17) is 11.6 Å². The molecule has 0 radical (unpaired) electrons. The number of benzene rings is 1. The Morgan fingerprint density at radius 1 is 1.39 bits per heavy atom. The van der Waals surface area contributed by atoms with Crippen LogP contribution >= 0.6 is 38.9 Å². The lowest BCUT2D eigenvalue weighted by molar-refractivity contribution is -0.116. The minimum Gasteiger partial charge on any atom is -0.324 e. The number of sulfonamides is 1. The summed E-state index contributed by atoms with van der Waals surface area (Å²) in [6, 6.07) is 6.57. The van der Waals surface area contributed by atoms with Gasteiger partial charge in [-0.25, -0.2) is 12.8 Å². The highest BCUT2D eigenvalue weighted by Crippen LogP contribution is 2.28. The molecule has 23 heavy (non-hydrogen) atoms. The Kier molecular flexibility index (Phi) is 5.79. The number of nitrogens with one attached hydrogen (secondary N) is 1. The Morgan fingerprint density at radius 2 is 2.09 bits per heavy atom. The van der Waals surface area contributed by atoms with Crippen LogP contribution in [0.1, 0.15) is 0 Å². The van der Waals surface area contributed by atoms with Crippen LogP contribution in [0.3, 0.4) is 0 Å². The molecule has 0 fully saturated rings. The van der Waals surface area contributed by atoms with Crippen molar-refractivity contribution in [3.8, 4) is 0 Å². The number of thiophene rings is 1. The maximum atomic E-state index is 13.0. The summed E-state index contributed by atoms with van der Waals surface area (Å²) in [5.74, 6) is -1.11. The Labute approximate surface area is 150 Å². The molecule has 1 aromatic heterocycles. The zero-order chi connectivity index (χ0) is 17.2. The van der Waals surface area contributed by atoms with E-state index in [9.17, 15) is 17.6 Å². The maximum Gasteiger partial charge on any atom is 0.252 e. The van der Waals surface area contributed by atoms with E-state index in [0.717, 1.165) is 27.8 Å². The molecule has 0 saturated heterocycles. The van der Waals surface area contributed by atoms with E-state index < -0.39 is 28.3 Å². The van der Waals surface area contributed by atoms with Gasteiger partial charge in [-0.1, -0.05) is 11.6 Å². The number of halogens is 3. The second-order valence-electron chi connectivity index (χ2n) is 4.49. The summed E-state index contributed by atoms with van der Waals surface area (Å²) in [6.07, 6.45) is 0. The Morgan fingerprint density at radius 3 is 2.65 bits per heavy atom. The molecule has 124 valence electrons. The molecule has 5 nitrogen and oxygen atoms in total. The first-order valence-corrected chi connectivity index (χ1v) is 9.59. The number of hydrogen-bond acceptors (Lipinski definition) is 4. The van der Waals surface area contributed by atoms with Crippen molar-refractivity contribution in [2.75, 3.05) is 18.9 Å². The number of rotatable bonds is 5. The van der Waals surface area contributed by atoms with Gasteiger partial charge in [-0.05, 0) is 46.3 Å². The lowest BCUT2D eigenvalue weighted by Gasteiger charge is -2.16. The van der Waals surface area contributed by atoms with E-state index in [0.29, 0.717) is 3.79 Å². The van der Waals surface area contributed by atoms with Crippen LogP contribution in [0, 0.1) is 5.82 Å².